The Morgan fingerprint density at radius 1 is 0.962 bits per heavy atom. The average Bonchev–Trinajstić information content (AvgIpc) is 3.68. The number of nitrogens with two attached hydrogens (primary N) is 1. The Labute approximate surface area is 315 Å². The Bertz CT molecular complexity index is 1730. The van der Waals surface area contributed by atoms with Crippen molar-refractivity contribution in [2.24, 2.45) is 67.8 Å². The third-order valence-corrected chi connectivity index (χ3v) is 17.4. The second-order valence-electron chi connectivity index (χ2n) is 20.5. The number of nitrogens with zero attached hydrogens (tertiary/aromatic N) is 1. The minimum atomic E-state index is -0.840. The van der Waals surface area contributed by atoms with Crippen molar-refractivity contribution in [1.82, 2.24) is 15.3 Å². The van der Waals surface area contributed by atoms with Crippen LogP contribution < -0.4 is 11.1 Å². The summed E-state index contributed by atoms with van der Waals surface area (Å²) in [5, 5.41) is 12.7. The van der Waals surface area contributed by atoms with Crippen LogP contribution in [-0.2, 0) is 30.5 Å². The number of fused-ring (bicyclic) bond motifs is 7. The summed E-state index contributed by atoms with van der Waals surface area (Å²) >= 11 is 0. The van der Waals surface area contributed by atoms with Crippen molar-refractivity contribution >= 4 is 23.6 Å². The summed E-state index contributed by atoms with van der Waals surface area (Å²) in [6, 6.07) is 0. The van der Waals surface area contributed by atoms with Crippen LogP contribution in [0.25, 0.3) is 0 Å². The minimum absolute atomic E-state index is 0.00885. The van der Waals surface area contributed by atoms with Crippen LogP contribution in [-0.4, -0.2) is 50.3 Å². The number of H-pyrrole nitrogens is 1. The predicted octanol–water partition coefficient (Wildman–Crippen LogP) is 7.14. The number of allylic oxidation sites excluding steroid dienone is 1. The molecule has 6 aliphatic carbocycles. The molecule has 292 valence electrons. The summed E-state index contributed by atoms with van der Waals surface area (Å²) in [5.41, 5.74) is 7.39. The Morgan fingerprint density at radius 3 is 2.28 bits per heavy atom. The van der Waals surface area contributed by atoms with E-state index < -0.39 is 34.2 Å². The van der Waals surface area contributed by atoms with Crippen molar-refractivity contribution in [3.8, 4) is 0 Å². The average molecular weight is 733 g/mol. The standard InChI is InChI=1S/C43H64N4O6/c1-24(2)33-27(48)21-42(22-32(49)47-23-31-45-18-19-46-31)17-16-41(9)40(8)14-10-28-38(5,6)30(53-36(52)26-20-25(35(50)51)37(26,3)4)12-13-39(28,7)29(40)11-15-43(41,44)34(33)42/h18-19,24-26,28-30H,10-17,20-23,44H2,1-9H3,(H,45,46)(H,47,49)(H,50,51)/t25-,26+,28-,29+,30-,39-,40+,41-,42?,43-/m0/s1. The molecule has 1 unspecified atom stereocenters. The highest BCUT2D eigenvalue weighted by molar-refractivity contribution is 6.02. The number of hydrogen-bond acceptors (Lipinski definition) is 7. The fraction of sp³-hybridized carbons (Fsp3) is 0.791. The number of amides is 1. The van der Waals surface area contributed by atoms with Gasteiger partial charge in [-0.1, -0.05) is 62.3 Å². The van der Waals surface area contributed by atoms with Gasteiger partial charge in [-0.15, -0.1) is 0 Å². The van der Waals surface area contributed by atoms with E-state index in [4.69, 9.17) is 10.5 Å². The van der Waals surface area contributed by atoms with Crippen LogP contribution in [0.1, 0.15) is 139 Å². The van der Waals surface area contributed by atoms with E-state index in [0.29, 0.717) is 37.0 Å². The molecule has 0 spiro atoms. The molecule has 0 bridgehead atoms. The van der Waals surface area contributed by atoms with Crippen LogP contribution in [0.3, 0.4) is 0 Å². The smallest absolute Gasteiger partial charge is 0.309 e. The number of imidazole rings is 1. The van der Waals surface area contributed by atoms with Gasteiger partial charge >= 0.3 is 11.9 Å². The number of rotatable bonds is 8. The number of carboxylic acids is 1. The second kappa shape index (κ2) is 12.2. The molecule has 1 amide bonds. The first-order chi connectivity index (χ1) is 24.6. The summed E-state index contributed by atoms with van der Waals surface area (Å²) in [6.45, 7) is 20.3. The van der Waals surface area contributed by atoms with E-state index in [0.717, 1.165) is 62.5 Å². The highest BCUT2D eigenvalue weighted by atomic mass is 16.5. The lowest BCUT2D eigenvalue weighted by Crippen LogP contribution is -2.74. The van der Waals surface area contributed by atoms with E-state index in [1.165, 1.54) is 0 Å². The Kier molecular flexibility index (Phi) is 8.84. The molecule has 10 nitrogen and oxygen atoms in total. The van der Waals surface area contributed by atoms with Gasteiger partial charge in [0.15, 0.2) is 5.78 Å². The van der Waals surface area contributed by atoms with Gasteiger partial charge < -0.3 is 25.9 Å². The molecule has 10 heteroatoms. The lowest BCUT2D eigenvalue weighted by atomic mass is 9.31. The number of aliphatic carboxylic acids is 1. The molecule has 6 aliphatic rings. The zero-order valence-electron chi connectivity index (χ0n) is 33.6. The normalized spacial score (nSPS) is 42.5. The molecule has 0 radical (unpaired) electrons. The lowest BCUT2D eigenvalue weighted by Gasteiger charge is -2.74. The lowest BCUT2D eigenvalue weighted by molar-refractivity contribution is -0.239. The van der Waals surface area contributed by atoms with E-state index in [9.17, 15) is 24.3 Å². The Hall–Kier alpha value is -3.01. The summed E-state index contributed by atoms with van der Waals surface area (Å²) < 4.78 is 6.40. The fourth-order valence-corrected chi connectivity index (χ4v) is 14.2. The maximum atomic E-state index is 14.0. The molecule has 5 N–H and O–H groups in total. The molecule has 5 saturated carbocycles. The van der Waals surface area contributed by atoms with Gasteiger partial charge in [0.25, 0.3) is 0 Å². The van der Waals surface area contributed by atoms with Crippen LogP contribution in [0, 0.1) is 62.1 Å². The molecule has 0 aliphatic heterocycles. The number of ketones is 1. The van der Waals surface area contributed by atoms with E-state index in [2.05, 4.69) is 63.8 Å². The number of carbonyl (C=O) groups is 4. The first-order valence-corrected chi connectivity index (χ1v) is 20.3. The van der Waals surface area contributed by atoms with Gasteiger partial charge in [-0.2, -0.15) is 0 Å². The van der Waals surface area contributed by atoms with Crippen molar-refractivity contribution < 1.29 is 29.0 Å². The van der Waals surface area contributed by atoms with E-state index >= 15 is 0 Å². The van der Waals surface area contributed by atoms with Gasteiger partial charge in [-0.3, -0.25) is 19.2 Å². The van der Waals surface area contributed by atoms with Gasteiger partial charge in [0.1, 0.15) is 11.9 Å². The number of Topliss-reactive ketones (excluding diaryl/α,β-unsaturated/α-hetero) is 1. The first kappa shape index (κ1) is 38.3. The predicted molar refractivity (Wildman–Crippen MR) is 201 cm³/mol. The van der Waals surface area contributed by atoms with Gasteiger partial charge in [0.05, 0.1) is 18.4 Å². The van der Waals surface area contributed by atoms with E-state index in [1.807, 2.05) is 13.8 Å². The zero-order valence-corrected chi connectivity index (χ0v) is 33.6. The number of aromatic nitrogens is 2. The van der Waals surface area contributed by atoms with Crippen LogP contribution in [0.5, 0.6) is 0 Å². The Balaban J connectivity index is 1.16. The topological polar surface area (TPSA) is 164 Å². The fourth-order valence-electron chi connectivity index (χ4n) is 14.2. The SMILES string of the molecule is CC(C)C1=C2C(CC(=O)NCc3ncc[nH]3)(CC[C@]3(C)[C@]2(N)CC[C@@H]2[C@@]4(C)CC[C@H](OC(=O)[C@H]5C[C@@H](C(=O)O)C5(C)C)C(C)(C)[C@@H]4CC[C@]23C)CC1=O. The van der Waals surface area contributed by atoms with Crippen LogP contribution >= 0.6 is 0 Å². The van der Waals surface area contributed by atoms with E-state index in [-0.39, 0.29) is 57.8 Å². The maximum absolute atomic E-state index is 14.0. The van der Waals surface area contributed by atoms with Crippen LogP contribution in [0.15, 0.2) is 23.5 Å². The molecule has 7 rings (SSSR count). The van der Waals surface area contributed by atoms with Gasteiger partial charge in [0.2, 0.25) is 5.91 Å². The molecule has 0 aromatic carbocycles. The molecular formula is C43H64N4O6. The minimum Gasteiger partial charge on any atom is -0.481 e. The molecule has 1 aromatic heterocycles. The monoisotopic (exact) mass is 732 g/mol. The third-order valence-electron chi connectivity index (χ3n) is 17.4. The highest BCUT2D eigenvalue weighted by Crippen LogP contribution is 2.77. The summed E-state index contributed by atoms with van der Waals surface area (Å²) in [6.07, 6.45) is 11.2. The van der Waals surface area contributed by atoms with Crippen molar-refractivity contribution in [3.63, 3.8) is 0 Å². The highest BCUT2D eigenvalue weighted by Gasteiger charge is 2.74. The van der Waals surface area contributed by atoms with Crippen molar-refractivity contribution in [2.75, 3.05) is 0 Å². The summed E-state index contributed by atoms with van der Waals surface area (Å²) in [4.78, 5) is 60.4. The quantitative estimate of drug-likeness (QED) is 0.205. The largest absolute Gasteiger partial charge is 0.481 e. The van der Waals surface area contributed by atoms with Gasteiger partial charge in [0, 0.05) is 41.6 Å². The molecular weight excluding hydrogens is 668 g/mol. The van der Waals surface area contributed by atoms with Crippen LogP contribution in [0.4, 0.5) is 0 Å². The van der Waals surface area contributed by atoms with Crippen molar-refractivity contribution in [2.45, 2.75) is 151 Å². The number of nitrogens with one attached hydrogen (secondary N) is 2. The summed E-state index contributed by atoms with van der Waals surface area (Å²) in [7, 11) is 0. The third kappa shape index (κ3) is 5.22. The summed E-state index contributed by atoms with van der Waals surface area (Å²) in [5.74, 6) is -0.455. The number of hydrogen-bond donors (Lipinski definition) is 4. The van der Waals surface area contributed by atoms with Crippen LogP contribution in [0.2, 0.25) is 0 Å². The molecule has 1 heterocycles. The second-order valence-corrected chi connectivity index (χ2v) is 20.5. The molecule has 53 heavy (non-hydrogen) atoms. The Morgan fingerprint density at radius 2 is 1.66 bits per heavy atom. The first-order valence-electron chi connectivity index (χ1n) is 20.3. The molecule has 5 fully saturated rings. The molecule has 10 atom stereocenters. The van der Waals surface area contributed by atoms with Crippen molar-refractivity contribution in [3.05, 3.63) is 29.4 Å². The van der Waals surface area contributed by atoms with E-state index in [1.54, 1.807) is 12.4 Å². The number of aromatic amines is 1. The van der Waals surface area contributed by atoms with Gasteiger partial charge in [-0.25, -0.2) is 4.98 Å². The maximum Gasteiger partial charge on any atom is 0.309 e. The number of carboxylic acid groups (broad SMARTS) is 1. The van der Waals surface area contributed by atoms with Gasteiger partial charge in [-0.05, 0) is 108 Å². The molecule has 0 saturated heterocycles. The number of esters is 1. The molecule has 1 aromatic rings. The number of ether oxygens (including phenoxy) is 1. The van der Waals surface area contributed by atoms with Crippen molar-refractivity contribution in [1.29, 1.82) is 0 Å². The zero-order chi connectivity index (χ0) is 38.7. The number of carbonyl (C=O) groups excluding carboxylic acids is 3.